The fourth-order valence-corrected chi connectivity index (χ4v) is 11.2. The van der Waals surface area contributed by atoms with Gasteiger partial charge in [0.25, 0.3) is 11.8 Å². The third-order valence-electron chi connectivity index (χ3n) is 12.6. The van der Waals surface area contributed by atoms with Gasteiger partial charge in [-0.1, -0.05) is 46.4 Å². The number of aromatic nitrogens is 6. The van der Waals surface area contributed by atoms with E-state index in [1.165, 1.54) is 40.9 Å². The summed E-state index contributed by atoms with van der Waals surface area (Å²) in [6, 6.07) is 15.8. The molecule has 0 unspecified atom stereocenters. The fourth-order valence-electron chi connectivity index (χ4n) is 9.21. The molecule has 0 saturated carbocycles. The van der Waals surface area contributed by atoms with Gasteiger partial charge < -0.3 is 24.8 Å². The minimum Gasteiger partial charge on any atom is -0.378 e. The maximum atomic E-state index is 13.9. The summed E-state index contributed by atoms with van der Waals surface area (Å²) in [6.45, 7) is 5.70. The molecule has 4 aromatic heterocycles. The topological polar surface area (TPSA) is 218 Å². The van der Waals surface area contributed by atoms with Gasteiger partial charge in [-0.05, 0) is 74.9 Å². The molecule has 372 valence electrons. The lowest BCUT2D eigenvalue weighted by atomic mass is 9.97. The molecule has 3 N–H and O–H groups in total. The van der Waals surface area contributed by atoms with Crippen LogP contribution in [0.5, 0.6) is 0 Å². The predicted octanol–water partition coefficient (Wildman–Crippen LogP) is 7.07. The Morgan fingerprint density at radius 1 is 0.643 bits per heavy atom. The van der Waals surface area contributed by atoms with Crippen molar-refractivity contribution >= 4 is 107 Å². The van der Waals surface area contributed by atoms with Gasteiger partial charge in [0.2, 0.25) is 20.0 Å². The highest BCUT2D eigenvalue weighted by atomic mass is 35.5. The molecule has 2 atom stereocenters. The number of piperidine rings is 2. The minimum atomic E-state index is -3.59. The van der Waals surface area contributed by atoms with Crippen LogP contribution < -0.4 is 19.7 Å². The van der Waals surface area contributed by atoms with E-state index < -0.39 is 20.0 Å². The fraction of sp³-hybridized carbons (Fsp3) is 0.422. The van der Waals surface area contributed by atoms with Crippen molar-refractivity contribution in [1.29, 1.82) is 0 Å². The van der Waals surface area contributed by atoms with Crippen LogP contribution in [0.15, 0.2) is 60.7 Å². The number of nitrogens with one attached hydrogen (secondary N) is 3. The Bertz CT molecular complexity index is 3200. The molecule has 2 amide bonds. The Balaban J connectivity index is 0.000000179. The third kappa shape index (κ3) is 11.2. The first kappa shape index (κ1) is 50.0. The normalized spacial score (nSPS) is 19.1. The van der Waals surface area contributed by atoms with Gasteiger partial charge >= 0.3 is 0 Å². The van der Waals surface area contributed by atoms with E-state index >= 15 is 0 Å². The van der Waals surface area contributed by atoms with Crippen LogP contribution in [0.4, 0.5) is 17.2 Å². The number of halogens is 4. The smallest absolute Gasteiger partial charge is 0.256 e. The van der Waals surface area contributed by atoms with Crippen molar-refractivity contribution in [1.82, 2.24) is 44.3 Å². The Kier molecular flexibility index (Phi) is 14.7. The van der Waals surface area contributed by atoms with Gasteiger partial charge in [0.05, 0.1) is 77.4 Å². The highest BCUT2D eigenvalue weighted by molar-refractivity contribution is 7.92. The summed E-state index contributed by atoms with van der Waals surface area (Å²) in [5.74, 6) is 0.726. The van der Waals surface area contributed by atoms with Crippen LogP contribution in [-0.4, -0.2) is 133 Å². The number of amides is 2. The van der Waals surface area contributed by atoms with Gasteiger partial charge in [0, 0.05) is 79.5 Å². The third-order valence-corrected chi connectivity index (χ3v) is 14.7. The van der Waals surface area contributed by atoms with Crippen LogP contribution >= 0.6 is 46.4 Å². The van der Waals surface area contributed by atoms with Gasteiger partial charge in [-0.3, -0.25) is 19.0 Å². The molecule has 4 aliphatic heterocycles. The van der Waals surface area contributed by atoms with Crippen LogP contribution in [-0.2, 0) is 24.8 Å². The van der Waals surface area contributed by atoms with E-state index in [1.54, 1.807) is 21.9 Å². The first-order valence-electron chi connectivity index (χ1n) is 22.7. The molecule has 19 nitrogen and oxygen atoms in total. The number of rotatable bonds is 10. The number of anilines is 3. The minimum absolute atomic E-state index is 0.174. The molecule has 6 aromatic rings. The SMILES string of the molecule is CS(=O)(=O)Nc1ccc(Cl)cc1C(=O)N1CCCC[C@H]1c1cc2nc(C3CNC3)cc(N3CCOCC3)n2n1.CS(=O)(=O)Nc1ccc(Cl)cc1C(=O)N1CCCC[C@H]1c1cc2nc(Cl)cc(Cl)n2n1. The van der Waals surface area contributed by atoms with Crippen LogP contribution in [0.25, 0.3) is 11.3 Å². The second kappa shape index (κ2) is 20.6. The number of ether oxygens (including phenoxy) is 1. The number of fused-ring (bicyclic) bond motifs is 2. The largest absolute Gasteiger partial charge is 0.378 e. The quantitative estimate of drug-likeness (QED) is 0.117. The zero-order valence-corrected chi connectivity index (χ0v) is 42.8. The molecule has 4 saturated heterocycles. The summed E-state index contributed by atoms with van der Waals surface area (Å²) < 4.78 is 61.3. The molecule has 8 heterocycles. The van der Waals surface area contributed by atoms with Crippen LogP contribution in [0.1, 0.15) is 94.3 Å². The average molecular weight is 1080 g/mol. The zero-order chi connectivity index (χ0) is 49.5. The number of carbonyl (C=O) groups excluding carboxylic acids is 2. The molecule has 0 radical (unpaired) electrons. The summed E-state index contributed by atoms with van der Waals surface area (Å²) in [5.41, 5.74) is 4.46. The van der Waals surface area contributed by atoms with Crippen molar-refractivity contribution in [3.63, 3.8) is 0 Å². The van der Waals surface area contributed by atoms with E-state index in [4.69, 9.17) is 61.2 Å². The van der Waals surface area contributed by atoms with Gasteiger partial charge in [-0.25, -0.2) is 31.3 Å². The number of morpholine rings is 1. The lowest BCUT2D eigenvalue weighted by molar-refractivity contribution is 0.0600. The summed E-state index contributed by atoms with van der Waals surface area (Å²) in [5, 5.41) is 14.1. The lowest BCUT2D eigenvalue weighted by Gasteiger charge is -2.35. The molecule has 0 spiro atoms. The molecule has 2 aromatic carbocycles. The van der Waals surface area contributed by atoms with Crippen molar-refractivity contribution < 1.29 is 31.2 Å². The molecule has 10 rings (SSSR count). The Labute approximate surface area is 424 Å². The number of benzene rings is 2. The molecule has 0 aliphatic carbocycles. The van der Waals surface area contributed by atoms with E-state index in [0.29, 0.717) is 65.2 Å². The molecular weight excluding hydrogens is 1030 g/mol. The molecule has 70 heavy (non-hydrogen) atoms. The second-order valence-corrected chi connectivity index (χ2v) is 22.9. The van der Waals surface area contributed by atoms with Crippen LogP contribution in [0, 0.1) is 0 Å². The monoisotopic (exact) mass is 1070 g/mol. The molecule has 4 fully saturated rings. The van der Waals surface area contributed by atoms with E-state index in [-0.39, 0.29) is 51.6 Å². The summed E-state index contributed by atoms with van der Waals surface area (Å²) in [7, 11) is -7.17. The Morgan fingerprint density at radius 2 is 1.16 bits per heavy atom. The first-order chi connectivity index (χ1) is 33.4. The van der Waals surface area contributed by atoms with Crippen LogP contribution in [0.2, 0.25) is 20.4 Å². The van der Waals surface area contributed by atoms with Gasteiger partial charge in [-0.15, -0.1) is 0 Å². The lowest BCUT2D eigenvalue weighted by Crippen LogP contribution is -2.41. The number of carbonyl (C=O) groups is 2. The number of hydrogen-bond donors (Lipinski definition) is 3. The maximum absolute atomic E-state index is 13.9. The molecule has 0 bridgehead atoms. The van der Waals surface area contributed by atoms with Gasteiger partial charge in [-0.2, -0.15) is 14.7 Å². The molecule has 25 heteroatoms. The molecular formula is C45H50Cl4N12O7S2. The number of sulfonamides is 2. The van der Waals surface area contributed by atoms with Crippen molar-refractivity contribution in [3.8, 4) is 0 Å². The molecule has 4 aliphatic rings. The number of nitrogens with zero attached hydrogens (tertiary/aromatic N) is 9. The Morgan fingerprint density at radius 3 is 1.66 bits per heavy atom. The van der Waals surface area contributed by atoms with Gasteiger partial charge in [0.15, 0.2) is 11.3 Å². The highest BCUT2D eigenvalue weighted by Gasteiger charge is 2.35. The first-order valence-corrected chi connectivity index (χ1v) is 28.0. The zero-order valence-electron chi connectivity index (χ0n) is 38.1. The average Bonchev–Trinajstić information content (AvgIpc) is 3.94. The van der Waals surface area contributed by atoms with Gasteiger partial charge in [0.1, 0.15) is 16.1 Å². The summed E-state index contributed by atoms with van der Waals surface area (Å²) in [4.78, 5) is 42.4. The predicted molar refractivity (Wildman–Crippen MR) is 270 cm³/mol. The standard InChI is InChI=1S/C26H32ClN7O4S.C19H18Cl3N5O3S/c1-39(36,37)31-20-6-5-18(27)12-19(20)26(35)33-7-3-2-4-23(33)22-13-24-29-21(17-15-28-16-17)14-25(34(24)30-22)32-8-10-38-11-9-32;1-31(29,30)25-13-6-5-11(20)8-12(13)19(28)26-7-3-2-4-15(26)14-9-18-23-16(21)10-17(22)27(18)24-14/h5-6,12-14,17,23,28,31H,2-4,7-11,15-16H2,1H3;5-6,8-10,15,25H,2-4,7H2,1H3/t23-;15-/m00/s1. The van der Waals surface area contributed by atoms with Crippen molar-refractivity contribution in [2.24, 2.45) is 0 Å². The van der Waals surface area contributed by atoms with Crippen molar-refractivity contribution in [2.45, 2.75) is 56.5 Å². The van der Waals surface area contributed by atoms with Crippen molar-refractivity contribution in [3.05, 3.63) is 109 Å². The van der Waals surface area contributed by atoms with Crippen molar-refractivity contribution in [2.75, 3.05) is 79.3 Å². The van der Waals surface area contributed by atoms with Crippen LogP contribution in [0.3, 0.4) is 0 Å². The van der Waals surface area contributed by atoms with E-state index in [2.05, 4.69) is 35.8 Å². The summed E-state index contributed by atoms with van der Waals surface area (Å²) in [6.07, 6.45) is 7.05. The number of hydrogen-bond acceptors (Lipinski definition) is 13. The highest BCUT2D eigenvalue weighted by Crippen LogP contribution is 2.37. The van der Waals surface area contributed by atoms with E-state index in [9.17, 15) is 26.4 Å². The second-order valence-electron chi connectivity index (χ2n) is 17.7. The maximum Gasteiger partial charge on any atom is 0.256 e. The number of likely N-dealkylation sites (tertiary alicyclic amines) is 2. The van der Waals surface area contributed by atoms with E-state index in [0.717, 1.165) is 93.6 Å². The summed E-state index contributed by atoms with van der Waals surface area (Å²) >= 11 is 24.6. The Hall–Kier alpha value is -5.00. The van der Waals surface area contributed by atoms with E-state index in [1.807, 2.05) is 10.6 Å².